The van der Waals surface area contributed by atoms with Crippen LogP contribution in [0.3, 0.4) is 0 Å². The van der Waals surface area contributed by atoms with E-state index in [0.717, 1.165) is 35.7 Å². The lowest BCUT2D eigenvalue weighted by Gasteiger charge is -2.24. The average molecular weight is 335 g/mol. The van der Waals surface area contributed by atoms with Gasteiger partial charge in [-0.1, -0.05) is 38.7 Å². The Morgan fingerprint density at radius 1 is 1.16 bits per heavy atom. The molecule has 1 aliphatic rings. The van der Waals surface area contributed by atoms with Crippen LogP contribution in [0.5, 0.6) is 5.75 Å². The third-order valence-electron chi connectivity index (χ3n) is 3.89. The van der Waals surface area contributed by atoms with Crippen molar-refractivity contribution >= 4 is 6.08 Å². The monoisotopic (exact) mass is 335 g/mol. The van der Waals surface area contributed by atoms with E-state index < -0.39 is 0 Å². The Morgan fingerprint density at radius 2 is 1.92 bits per heavy atom. The van der Waals surface area contributed by atoms with E-state index in [4.69, 9.17) is 4.74 Å². The number of aromatic nitrogens is 3. The molecule has 0 fully saturated rings. The Kier molecular flexibility index (Phi) is 4.94. The molecule has 1 aromatic carbocycles. The lowest BCUT2D eigenvalue weighted by atomic mass is 9.90. The number of hydrogen-bond donors (Lipinski definition) is 0. The van der Waals surface area contributed by atoms with Gasteiger partial charge in [-0.2, -0.15) is 9.90 Å². The van der Waals surface area contributed by atoms with Crippen LogP contribution in [-0.2, 0) is 6.42 Å². The van der Waals surface area contributed by atoms with Crippen molar-refractivity contribution in [3.63, 3.8) is 0 Å². The maximum atomic E-state index is 6.02. The van der Waals surface area contributed by atoms with Crippen LogP contribution in [0.1, 0.15) is 51.9 Å². The summed E-state index contributed by atoms with van der Waals surface area (Å²) in [5.41, 5.74) is 2.99. The maximum Gasteiger partial charge on any atom is 0.119 e. The molecular weight excluding hydrogens is 310 g/mol. The Hall–Kier alpha value is -2.54. The van der Waals surface area contributed by atoms with Crippen LogP contribution >= 0.6 is 0 Å². The number of ether oxygens (including phenoxy) is 1. The highest BCUT2D eigenvalue weighted by Gasteiger charge is 2.16. The van der Waals surface area contributed by atoms with Crippen molar-refractivity contribution in [3.05, 3.63) is 41.7 Å². The van der Waals surface area contributed by atoms with Gasteiger partial charge in [0.2, 0.25) is 0 Å². The number of allylic oxidation sites excluding steroid dienone is 1. The average Bonchev–Trinajstić information content (AvgIpc) is 2.88. The van der Waals surface area contributed by atoms with E-state index in [1.165, 1.54) is 0 Å². The fourth-order valence-corrected chi connectivity index (χ4v) is 2.96. The zero-order valence-corrected chi connectivity index (χ0v) is 15.4. The first-order valence-electron chi connectivity index (χ1n) is 8.76. The second-order valence-electron chi connectivity index (χ2n) is 7.65. The third-order valence-corrected chi connectivity index (χ3v) is 3.89. The van der Waals surface area contributed by atoms with Crippen LogP contribution in [0.15, 0.2) is 30.3 Å². The molecule has 4 nitrogen and oxygen atoms in total. The zero-order chi connectivity index (χ0) is 17.9. The predicted molar refractivity (Wildman–Crippen MR) is 101 cm³/mol. The number of nitrogens with zero attached hydrogens (tertiary/aromatic N) is 3. The lowest BCUT2D eigenvalue weighted by Crippen LogP contribution is -2.20. The molecule has 4 heteroatoms. The largest absolute Gasteiger partial charge is 0.491 e. The molecule has 0 saturated heterocycles. The SMILES string of the molecule is CC(CC(C)(C)C)Oc1ccc(-n2nc3c(n2)CC#CC/C=C\3)cc1. The van der Waals surface area contributed by atoms with E-state index in [-0.39, 0.29) is 11.5 Å². The van der Waals surface area contributed by atoms with Crippen molar-refractivity contribution < 1.29 is 4.74 Å². The van der Waals surface area contributed by atoms with Gasteiger partial charge in [0.15, 0.2) is 0 Å². The summed E-state index contributed by atoms with van der Waals surface area (Å²) in [7, 11) is 0. The molecule has 0 aliphatic heterocycles. The minimum absolute atomic E-state index is 0.178. The Bertz CT molecular complexity index is 814. The summed E-state index contributed by atoms with van der Waals surface area (Å²) in [4.78, 5) is 1.67. The molecule has 0 spiro atoms. The Balaban J connectivity index is 1.73. The summed E-state index contributed by atoms with van der Waals surface area (Å²) in [5.74, 6) is 7.08. The highest BCUT2D eigenvalue weighted by atomic mass is 16.5. The molecule has 130 valence electrons. The van der Waals surface area contributed by atoms with Crippen molar-refractivity contribution in [3.8, 4) is 23.3 Å². The summed E-state index contributed by atoms with van der Waals surface area (Å²) in [6.07, 6.45) is 6.62. The van der Waals surface area contributed by atoms with Gasteiger partial charge in [0.1, 0.15) is 17.1 Å². The van der Waals surface area contributed by atoms with E-state index in [1.54, 1.807) is 4.80 Å². The van der Waals surface area contributed by atoms with Crippen molar-refractivity contribution in [1.82, 2.24) is 15.0 Å². The molecule has 0 saturated carbocycles. The smallest absolute Gasteiger partial charge is 0.119 e. The molecule has 0 amide bonds. The second kappa shape index (κ2) is 7.14. The van der Waals surface area contributed by atoms with Gasteiger partial charge in [0.05, 0.1) is 18.2 Å². The van der Waals surface area contributed by atoms with Gasteiger partial charge in [0, 0.05) is 6.42 Å². The van der Waals surface area contributed by atoms with Crippen molar-refractivity contribution in [2.24, 2.45) is 5.41 Å². The van der Waals surface area contributed by atoms with Gasteiger partial charge in [-0.3, -0.25) is 0 Å². The molecule has 0 bridgehead atoms. The van der Waals surface area contributed by atoms with Crippen LogP contribution in [0.4, 0.5) is 0 Å². The standard InChI is InChI=1S/C21H25N3O/c1-16(15-21(2,3)4)25-18-13-11-17(12-14-18)24-22-19-9-7-5-6-8-10-20(19)23-24/h7,9,11-14,16H,5,10,15H2,1-4H3/b9-7-. The topological polar surface area (TPSA) is 39.9 Å². The van der Waals surface area contributed by atoms with Crippen molar-refractivity contribution in [2.45, 2.75) is 53.1 Å². The fraction of sp³-hybridized carbons (Fsp3) is 0.429. The molecule has 1 unspecified atom stereocenters. The van der Waals surface area contributed by atoms with Crippen LogP contribution in [0.25, 0.3) is 11.8 Å². The van der Waals surface area contributed by atoms with Crippen molar-refractivity contribution in [1.29, 1.82) is 0 Å². The summed E-state index contributed by atoms with van der Waals surface area (Å²) in [6.45, 7) is 8.79. The van der Waals surface area contributed by atoms with Crippen LogP contribution in [0, 0.1) is 17.3 Å². The molecular formula is C21H25N3O. The van der Waals surface area contributed by atoms with Gasteiger partial charge >= 0.3 is 0 Å². The van der Waals surface area contributed by atoms with Crippen molar-refractivity contribution in [2.75, 3.05) is 0 Å². The maximum absolute atomic E-state index is 6.02. The molecule has 1 atom stereocenters. The molecule has 1 heterocycles. The normalized spacial score (nSPS) is 16.0. The zero-order valence-electron chi connectivity index (χ0n) is 15.4. The van der Waals surface area contributed by atoms with Gasteiger partial charge in [0.25, 0.3) is 0 Å². The quantitative estimate of drug-likeness (QED) is 0.776. The number of benzene rings is 1. The molecule has 1 aliphatic carbocycles. The summed E-state index contributed by atoms with van der Waals surface area (Å²) in [6, 6.07) is 7.93. The lowest BCUT2D eigenvalue weighted by molar-refractivity contribution is 0.160. The van der Waals surface area contributed by atoms with Crippen LogP contribution < -0.4 is 4.74 Å². The number of fused-ring (bicyclic) bond motifs is 1. The van der Waals surface area contributed by atoms with Gasteiger partial charge < -0.3 is 4.74 Å². The second-order valence-corrected chi connectivity index (χ2v) is 7.65. The van der Waals surface area contributed by atoms with Gasteiger partial charge in [-0.05, 0) is 49.1 Å². The van der Waals surface area contributed by atoms with E-state index in [1.807, 2.05) is 36.4 Å². The summed E-state index contributed by atoms with van der Waals surface area (Å²) in [5, 5.41) is 9.14. The highest BCUT2D eigenvalue weighted by molar-refractivity contribution is 5.50. The Morgan fingerprint density at radius 3 is 2.64 bits per heavy atom. The number of rotatable bonds is 4. The molecule has 0 radical (unpaired) electrons. The first-order valence-corrected chi connectivity index (χ1v) is 8.76. The van der Waals surface area contributed by atoms with Crippen LogP contribution in [0.2, 0.25) is 0 Å². The molecule has 0 N–H and O–H groups in total. The van der Waals surface area contributed by atoms with E-state index >= 15 is 0 Å². The first-order chi connectivity index (χ1) is 11.9. The first kappa shape index (κ1) is 17.3. The highest BCUT2D eigenvalue weighted by Crippen LogP contribution is 2.24. The molecule has 25 heavy (non-hydrogen) atoms. The van der Waals surface area contributed by atoms with E-state index in [2.05, 4.69) is 49.7 Å². The van der Waals surface area contributed by atoms with Gasteiger partial charge in [-0.15, -0.1) is 5.10 Å². The minimum atomic E-state index is 0.178. The summed E-state index contributed by atoms with van der Waals surface area (Å²) >= 11 is 0. The summed E-state index contributed by atoms with van der Waals surface area (Å²) < 4.78 is 6.02. The fourth-order valence-electron chi connectivity index (χ4n) is 2.96. The number of hydrogen-bond acceptors (Lipinski definition) is 3. The predicted octanol–water partition coefficient (Wildman–Crippen LogP) is 4.43. The van der Waals surface area contributed by atoms with E-state index in [9.17, 15) is 0 Å². The van der Waals surface area contributed by atoms with Crippen LogP contribution in [-0.4, -0.2) is 21.1 Å². The van der Waals surface area contributed by atoms with Gasteiger partial charge in [-0.25, -0.2) is 0 Å². The molecule has 3 rings (SSSR count). The molecule has 2 aromatic rings. The third kappa shape index (κ3) is 4.73. The van der Waals surface area contributed by atoms with E-state index in [0.29, 0.717) is 6.42 Å². The molecule has 1 aromatic heterocycles. The Labute approximate surface area is 149 Å². The minimum Gasteiger partial charge on any atom is -0.491 e.